The van der Waals surface area contributed by atoms with Crippen molar-refractivity contribution in [3.05, 3.63) is 29.6 Å². The van der Waals surface area contributed by atoms with Crippen molar-refractivity contribution in [3.8, 4) is 0 Å². The molecule has 0 amide bonds. The van der Waals surface area contributed by atoms with Crippen LogP contribution < -0.4 is 5.73 Å². The Morgan fingerprint density at radius 2 is 2.19 bits per heavy atom. The second-order valence-electron chi connectivity index (χ2n) is 4.13. The first-order valence-electron chi connectivity index (χ1n) is 5.75. The fraction of sp³-hybridized carbons (Fsp3) is 0.583. The van der Waals surface area contributed by atoms with E-state index in [4.69, 9.17) is 5.73 Å². The summed E-state index contributed by atoms with van der Waals surface area (Å²) in [6.45, 7) is 4.97. The second-order valence-corrected chi connectivity index (χ2v) is 5.36. The van der Waals surface area contributed by atoms with Gasteiger partial charge in [0.1, 0.15) is 0 Å². The zero-order valence-corrected chi connectivity index (χ0v) is 10.5. The fourth-order valence-electron chi connectivity index (χ4n) is 2.06. The number of hydrogen-bond acceptors (Lipinski definition) is 4. The van der Waals surface area contributed by atoms with E-state index in [1.807, 2.05) is 24.9 Å². The fourth-order valence-corrected chi connectivity index (χ4v) is 2.99. The third-order valence-corrected chi connectivity index (χ3v) is 3.97. The summed E-state index contributed by atoms with van der Waals surface area (Å²) in [6.07, 6.45) is 1.97. The van der Waals surface area contributed by atoms with Gasteiger partial charge in [0.15, 0.2) is 0 Å². The van der Waals surface area contributed by atoms with Crippen molar-refractivity contribution in [2.75, 3.05) is 31.1 Å². The van der Waals surface area contributed by atoms with Gasteiger partial charge in [-0.2, -0.15) is 11.8 Å². The molecule has 0 radical (unpaired) electrons. The van der Waals surface area contributed by atoms with Gasteiger partial charge in [-0.05, 0) is 18.6 Å². The Balaban J connectivity index is 2.11. The van der Waals surface area contributed by atoms with Gasteiger partial charge in [0.25, 0.3) is 0 Å². The molecule has 0 spiro atoms. The summed E-state index contributed by atoms with van der Waals surface area (Å²) in [6, 6.07) is 4.56. The summed E-state index contributed by atoms with van der Waals surface area (Å²) in [4.78, 5) is 6.83. The molecule has 0 aromatic carbocycles. The van der Waals surface area contributed by atoms with E-state index < -0.39 is 0 Å². The van der Waals surface area contributed by atoms with Crippen molar-refractivity contribution in [1.29, 1.82) is 0 Å². The van der Waals surface area contributed by atoms with Gasteiger partial charge in [0.2, 0.25) is 0 Å². The van der Waals surface area contributed by atoms with Crippen LogP contribution in [0.25, 0.3) is 0 Å². The molecule has 2 rings (SSSR count). The minimum absolute atomic E-state index is 0.342. The van der Waals surface area contributed by atoms with Gasteiger partial charge < -0.3 is 5.73 Å². The Hall–Kier alpha value is -0.580. The molecule has 4 heteroatoms. The predicted molar refractivity (Wildman–Crippen MR) is 69.7 cm³/mol. The Morgan fingerprint density at radius 3 is 2.75 bits per heavy atom. The van der Waals surface area contributed by atoms with E-state index >= 15 is 0 Å². The molecule has 0 aliphatic carbocycles. The highest BCUT2D eigenvalue weighted by Gasteiger charge is 2.21. The molecule has 1 aliphatic heterocycles. The minimum atomic E-state index is 0.342. The first-order valence-corrected chi connectivity index (χ1v) is 6.91. The SMILES string of the molecule is Cc1ccc(C(CN)N2CCSCC2)cn1. The van der Waals surface area contributed by atoms with Crippen LogP contribution in [0, 0.1) is 6.92 Å². The first kappa shape index (κ1) is 11.9. The van der Waals surface area contributed by atoms with E-state index in [1.165, 1.54) is 17.1 Å². The number of rotatable bonds is 3. The summed E-state index contributed by atoms with van der Waals surface area (Å²) >= 11 is 2.03. The quantitative estimate of drug-likeness (QED) is 0.864. The summed E-state index contributed by atoms with van der Waals surface area (Å²) in [5.41, 5.74) is 8.21. The molecule has 1 saturated heterocycles. The van der Waals surface area contributed by atoms with E-state index in [1.54, 1.807) is 0 Å². The van der Waals surface area contributed by atoms with Crippen LogP contribution in [0.5, 0.6) is 0 Å². The van der Waals surface area contributed by atoms with Gasteiger partial charge >= 0.3 is 0 Å². The van der Waals surface area contributed by atoms with Crippen LogP contribution >= 0.6 is 11.8 Å². The van der Waals surface area contributed by atoms with Gasteiger partial charge in [0.05, 0.1) is 0 Å². The molecular weight excluding hydrogens is 218 g/mol. The molecule has 88 valence electrons. The number of pyridine rings is 1. The van der Waals surface area contributed by atoms with Gasteiger partial charge in [-0.1, -0.05) is 6.07 Å². The Labute approximate surface area is 101 Å². The molecule has 1 aliphatic rings. The van der Waals surface area contributed by atoms with Crippen LogP contribution in [0.15, 0.2) is 18.3 Å². The number of aromatic nitrogens is 1. The first-order chi connectivity index (χ1) is 7.81. The van der Waals surface area contributed by atoms with Crippen molar-refractivity contribution in [2.24, 2.45) is 5.73 Å². The number of aryl methyl sites for hydroxylation is 1. The third-order valence-electron chi connectivity index (χ3n) is 3.03. The smallest absolute Gasteiger partial charge is 0.0486 e. The van der Waals surface area contributed by atoms with Crippen LogP contribution in [0.3, 0.4) is 0 Å². The molecule has 1 atom stereocenters. The van der Waals surface area contributed by atoms with Crippen molar-refractivity contribution >= 4 is 11.8 Å². The summed E-state index contributed by atoms with van der Waals surface area (Å²) in [5.74, 6) is 2.44. The normalized spacial score (nSPS) is 19.6. The van der Waals surface area contributed by atoms with Gasteiger partial charge in [-0.25, -0.2) is 0 Å². The Kier molecular flexibility index (Phi) is 4.21. The zero-order chi connectivity index (χ0) is 11.4. The highest BCUT2D eigenvalue weighted by molar-refractivity contribution is 7.99. The number of hydrogen-bond donors (Lipinski definition) is 1. The predicted octanol–water partition coefficient (Wildman–Crippen LogP) is 1.44. The average molecular weight is 237 g/mol. The van der Waals surface area contributed by atoms with Crippen LogP contribution in [0.4, 0.5) is 0 Å². The summed E-state index contributed by atoms with van der Waals surface area (Å²) < 4.78 is 0. The standard InChI is InChI=1S/C12H19N3S/c1-10-2-3-11(9-14-10)12(8-13)15-4-6-16-7-5-15/h2-3,9,12H,4-8,13H2,1H3. The largest absolute Gasteiger partial charge is 0.329 e. The molecule has 16 heavy (non-hydrogen) atoms. The van der Waals surface area contributed by atoms with Crippen LogP contribution in [0.1, 0.15) is 17.3 Å². The lowest BCUT2D eigenvalue weighted by Crippen LogP contribution is -2.39. The minimum Gasteiger partial charge on any atom is -0.329 e. The van der Waals surface area contributed by atoms with Gasteiger partial charge in [-0.15, -0.1) is 0 Å². The number of nitrogens with zero attached hydrogens (tertiary/aromatic N) is 2. The summed E-state index contributed by atoms with van der Waals surface area (Å²) in [7, 11) is 0. The summed E-state index contributed by atoms with van der Waals surface area (Å²) in [5, 5.41) is 0. The van der Waals surface area contributed by atoms with Crippen LogP contribution in [-0.4, -0.2) is 41.0 Å². The van der Waals surface area contributed by atoms with E-state index in [0.29, 0.717) is 12.6 Å². The average Bonchev–Trinajstić information content (AvgIpc) is 2.34. The van der Waals surface area contributed by atoms with Crippen molar-refractivity contribution < 1.29 is 0 Å². The molecule has 0 bridgehead atoms. The Morgan fingerprint density at radius 1 is 1.44 bits per heavy atom. The molecule has 2 N–H and O–H groups in total. The second kappa shape index (κ2) is 5.66. The molecule has 2 heterocycles. The Bertz CT molecular complexity index is 320. The van der Waals surface area contributed by atoms with E-state index in [2.05, 4.69) is 22.0 Å². The lowest BCUT2D eigenvalue weighted by Gasteiger charge is -2.33. The molecule has 3 nitrogen and oxygen atoms in total. The van der Waals surface area contributed by atoms with E-state index in [0.717, 1.165) is 18.8 Å². The van der Waals surface area contributed by atoms with E-state index in [9.17, 15) is 0 Å². The maximum Gasteiger partial charge on any atom is 0.0486 e. The maximum absolute atomic E-state index is 5.90. The monoisotopic (exact) mass is 237 g/mol. The third kappa shape index (κ3) is 2.75. The topological polar surface area (TPSA) is 42.1 Å². The molecule has 1 fully saturated rings. The highest BCUT2D eigenvalue weighted by Crippen LogP contribution is 2.22. The molecule has 0 saturated carbocycles. The lowest BCUT2D eigenvalue weighted by molar-refractivity contribution is 0.223. The highest BCUT2D eigenvalue weighted by atomic mass is 32.2. The number of nitrogens with two attached hydrogens (primary N) is 1. The van der Waals surface area contributed by atoms with Crippen LogP contribution in [-0.2, 0) is 0 Å². The molecular formula is C12H19N3S. The maximum atomic E-state index is 5.90. The zero-order valence-electron chi connectivity index (χ0n) is 9.72. The van der Waals surface area contributed by atoms with Crippen LogP contribution in [0.2, 0.25) is 0 Å². The van der Waals surface area contributed by atoms with Crippen molar-refractivity contribution in [3.63, 3.8) is 0 Å². The molecule has 1 aromatic heterocycles. The van der Waals surface area contributed by atoms with Gasteiger partial charge in [0, 0.05) is 49.1 Å². The van der Waals surface area contributed by atoms with Crippen molar-refractivity contribution in [2.45, 2.75) is 13.0 Å². The van der Waals surface area contributed by atoms with Gasteiger partial charge in [-0.3, -0.25) is 9.88 Å². The number of thioether (sulfide) groups is 1. The van der Waals surface area contributed by atoms with Crippen molar-refractivity contribution in [1.82, 2.24) is 9.88 Å². The lowest BCUT2D eigenvalue weighted by atomic mass is 10.1. The van der Waals surface area contributed by atoms with E-state index in [-0.39, 0.29) is 0 Å². The molecule has 1 aromatic rings. The molecule has 1 unspecified atom stereocenters.